The van der Waals surface area contributed by atoms with Crippen molar-refractivity contribution in [3.05, 3.63) is 0 Å². The van der Waals surface area contributed by atoms with Crippen molar-refractivity contribution in [2.24, 2.45) is 5.41 Å². The molecule has 11 heavy (non-hydrogen) atoms. The van der Waals surface area contributed by atoms with Crippen molar-refractivity contribution < 1.29 is 5.11 Å². The van der Waals surface area contributed by atoms with E-state index in [-0.39, 0.29) is 6.10 Å². The fourth-order valence-electron chi connectivity index (χ4n) is 1.85. The lowest BCUT2D eigenvalue weighted by Crippen LogP contribution is -2.18. The summed E-state index contributed by atoms with van der Waals surface area (Å²) >= 11 is 0. The van der Waals surface area contributed by atoms with Gasteiger partial charge in [0.25, 0.3) is 0 Å². The van der Waals surface area contributed by atoms with Gasteiger partial charge in [0.15, 0.2) is 0 Å². The first-order valence-electron chi connectivity index (χ1n) is 4.60. The van der Waals surface area contributed by atoms with Gasteiger partial charge in [0.05, 0.1) is 6.10 Å². The molecule has 0 amide bonds. The molecule has 1 aliphatic heterocycles. The average Bonchev–Trinajstić information content (AvgIpc) is 2.67. The first-order chi connectivity index (χ1) is 5.23. The molecule has 2 rings (SSSR count). The molecule has 1 unspecified atom stereocenters. The highest BCUT2D eigenvalue weighted by Crippen LogP contribution is 2.52. The molecule has 2 aliphatic rings. The molecule has 0 aromatic rings. The van der Waals surface area contributed by atoms with Gasteiger partial charge in [-0.25, -0.2) is 0 Å². The van der Waals surface area contributed by atoms with Crippen LogP contribution in [0.25, 0.3) is 0 Å². The molecule has 2 heteroatoms. The summed E-state index contributed by atoms with van der Waals surface area (Å²) in [5.74, 6) is 0. The number of aliphatic hydroxyl groups is 1. The molecular weight excluding hydrogens is 138 g/mol. The van der Waals surface area contributed by atoms with Gasteiger partial charge in [-0.2, -0.15) is 0 Å². The number of likely N-dealkylation sites (N-methyl/N-ethyl adjacent to an activating group) is 1. The van der Waals surface area contributed by atoms with Crippen LogP contribution in [0.15, 0.2) is 0 Å². The number of aliphatic hydroxyl groups excluding tert-OH is 1. The van der Waals surface area contributed by atoms with E-state index in [0.717, 1.165) is 13.1 Å². The maximum absolute atomic E-state index is 9.45. The SMILES string of the molecule is CC.CN1CC(O)C2(CC2)C1. The Hall–Kier alpha value is -0.0800. The van der Waals surface area contributed by atoms with E-state index in [1.54, 1.807) is 0 Å². The molecular formula is C9H19NO. The van der Waals surface area contributed by atoms with E-state index in [1.807, 2.05) is 13.8 Å². The lowest BCUT2D eigenvalue weighted by molar-refractivity contribution is 0.132. The fourth-order valence-corrected chi connectivity index (χ4v) is 1.85. The molecule has 1 saturated carbocycles. The standard InChI is InChI=1S/C7H13NO.C2H6/c1-8-4-6(9)7(5-8)2-3-7;1-2/h6,9H,2-5H2,1H3;1-2H3. The second-order valence-corrected chi connectivity index (χ2v) is 3.57. The molecule has 0 radical (unpaired) electrons. The predicted octanol–water partition coefficient (Wildman–Crippen LogP) is 1.10. The van der Waals surface area contributed by atoms with Gasteiger partial charge in [-0.1, -0.05) is 13.8 Å². The van der Waals surface area contributed by atoms with Crippen molar-refractivity contribution >= 4 is 0 Å². The average molecular weight is 157 g/mol. The summed E-state index contributed by atoms with van der Waals surface area (Å²) in [4.78, 5) is 2.22. The van der Waals surface area contributed by atoms with Gasteiger partial charge in [-0.05, 0) is 19.9 Å². The van der Waals surface area contributed by atoms with Gasteiger partial charge in [0.1, 0.15) is 0 Å². The normalized spacial score (nSPS) is 33.3. The maximum atomic E-state index is 9.45. The lowest BCUT2D eigenvalue weighted by atomic mass is 10.0. The Morgan fingerprint density at radius 1 is 1.36 bits per heavy atom. The van der Waals surface area contributed by atoms with Crippen molar-refractivity contribution in [1.82, 2.24) is 4.90 Å². The first-order valence-corrected chi connectivity index (χ1v) is 4.60. The van der Waals surface area contributed by atoms with Crippen LogP contribution in [0.5, 0.6) is 0 Å². The molecule has 0 bridgehead atoms. The van der Waals surface area contributed by atoms with Crippen molar-refractivity contribution in [2.75, 3.05) is 20.1 Å². The van der Waals surface area contributed by atoms with Gasteiger partial charge in [0.2, 0.25) is 0 Å². The van der Waals surface area contributed by atoms with E-state index in [2.05, 4.69) is 11.9 Å². The van der Waals surface area contributed by atoms with Crippen molar-refractivity contribution in [3.63, 3.8) is 0 Å². The minimum Gasteiger partial charge on any atom is -0.391 e. The van der Waals surface area contributed by atoms with E-state index in [0.29, 0.717) is 5.41 Å². The molecule has 0 aromatic heterocycles. The van der Waals surface area contributed by atoms with Crippen molar-refractivity contribution in [2.45, 2.75) is 32.8 Å². The zero-order valence-corrected chi connectivity index (χ0v) is 7.80. The van der Waals surface area contributed by atoms with Gasteiger partial charge >= 0.3 is 0 Å². The molecule has 0 aromatic carbocycles. The van der Waals surface area contributed by atoms with Crippen LogP contribution in [0.1, 0.15) is 26.7 Å². The van der Waals surface area contributed by atoms with Crippen molar-refractivity contribution in [3.8, 4) is 0 Å². The van der Waals surface area contributed by atoms with Crippen LogP contribution in [0.4, 0.5) is 0 Å². The second-order valence-electron chi connectivity index (χ2n) is 3.57. The molecule has 66 valence electrons. The summed E-state index contributed by atoms with van der Waals surface area (Å²) in [6, 6.07) is 0. The number of likely N-dealkylation sites (tertiary alicyclic amines) is 1. The minimum atomic E-state index is -0.0255. The molecule has 2 nitrogen and oxygen atoms in total. The maximum Gasteiger partial charge on any atom is 0.0735 e. The van der Waals surface area contributed by atoms with Crippen molar-refractivity contribution in [1.29, 1.82) is 0 Å². The third kappa shape index (κ3) is 1.57. The Bertz CT molecular complexity index is 132. The van der Waals surface area contributed by atoms with E-state index in [1.165, 1.54) is 12.8 Å². The highest BCUT2D eigenvalue weighted by molar-refractivity contribution is 5.05. The largest absolute Gasteiger partial charge is 0.391 e. The monoisotopic (exact) mass is 157 g/mol. The lowest BCUT2D eigenvalue weighted by Gasteiger charge is -2.07. The van der Waals surface area contributed by atoms with E-state index in [4.69, 9.17) is 0 Å². The summed E-state index contributed by atoms with van der Waals surface area (Å²) in [7, 11) is 2.08. The molecule has 1 saturated heterocycles. The van der Waals surface area contributed by atoms with Gasteiger partial charge in [0, 0.05) is 18.5 Å². The van der Waals surface area contributed by atoms with Crippen LogP contribution in [-0.2, 0) is 0 Å². The molecule has 1 aliphatic carbocycles. The summed E-state index contributed by atoms with van der Waals surface area (Å²) in [6.07, 6.45) is 2.47. The van der Waals surface area contributed by atoms with Crippen LogP contribution in [0, 0.1) is 5.41 Å². The number of nitrogens with zero attached hydrogens (tertiary/aromatic N) is 1. The Morgan fingerprint density at radius 3 is 2.09 bits per heavy atom. The van der Waals surface area contributed by atoms with E-state index < -0.39 is 0 Å². The summed E-state index contributed by atoms with van der Waals surface area (Å²) in [5, 5.41) is 9.45. The van der Waals surface area contributed by atoms with Crippen LogP contribution in [-0.4, -0.2) is 36.2 Å². The van der Waals surface area contributed by atoms with Crippen LogP contribution >= 0.6 is 0 Å². The zero-order valence-electron chi connectivity index (χ0n) is 7.80. The summed E-state index contributed by atoms with van der Waals surface area (Å²) in [6.45, 7) is 6.01. The number of β-amino-alcohol motifs (C(OH)–C–C–N with tert-alkyl or cyclic N) is 1. The van der Waals surface area contributed by atoms with E-state index in [9.17, 15) is 5.11 Å². The quantitative estimate of drug-likeness (QED) is 0.569. The minimum absolute atomic E-state index is 0.0255. The molecule has 1 heterocycles. The fraction of sp³-hybridized carbons (Fsp3) is 1.00. The van der Waals surface area contributed by atoms with Crippen LogP contribution < -0.4 is 0 Å². The van der Waals surface area contributed by atoms with Crippen LogP contribution in [0.2, 0.25) is 0 Å². The smallest absolute Gasteiger partial charge is 0.0735 e. The molecule has 1 N–H and O–H groups in total. The first kappa shape index (κ1) is 9.01. The molecule has 1 spiro atoms. The zero-order chi connectivity index (χ0) is 8.48. The van der Waals surface area contributed by atoms with Gasteiger partial charge in [-0.3, -0.25) is 0 Å². The topological polar surface area (TPSA) is 23.5 Å². The third-order valence-corrected chi connectivity index (χ3v) is 2.67. The summed E-state index contributed by atoms with van der Waals surface area (Å²) < 4.78 is 0. The molecule has 2 fully saturated rings. The Kier molecular flexibility index (Phi) is 2.55. The second kappa shape index (κ2) is 3.11. The highest BCUT2D eigenvalue weighted by Gasteiger charge is 2.53. The molecule has 1 atom stereocenters. The van der Waals surface area contributed by atoms with Crippen LogP contribution in [0.3, 0.4) is 0 Å². The van der Waals surface area contributed by atoms with Gasteiger partial charge in [-0.15, -0.1) is 0 Å². The predicted molar refractivity (Wildman–Crippen MR) is 46.5 cm³/mol. The number of rotatable bonds is 0. The highest BCUT2D eigenvalue weighted by atomic mass is 16.3. The van der Waals surface area contributed by atoms with Gasteiger partial charge < -0.3 is 10.0 Å². The number of hydrogen-bond donors (Lipinski definition) is 1. The van der Waals surface area contributed by atoms with E-state index >= 15 is 0 Å². The number of hydrogen-bond acceptors (Lipinski definition) is 2. The third-order valence-electron chi connectivity index (χ3n) is 2.67. The Balaban J connectivity index is 0.000000281. The summed E-state index contributed by atoms with van der Waals surface area (Å²) in [5.41, 5.74) is 0.356. The Labute approximate surface area is 69.2 Å². The Morgan fingerprint density at radius 2 is 1.91 bits per heavy atom.